The summed E-state index contributed by atoms with van der Waals surface area (Å²) in [4.78, 5) is 24.9. The molecule has 0 aliphatic carbocycles. The van der Waals surface area contributed by atoms with Crippen LogP contribution >= 0.6 is 11.6 Å². The minimum absolute atomic E-state index is 0.0545. The minimum Gasteiger partial charge on any atom is -0.381 e. The van der Waals surface area contributed by atoms with Crippen molar-refractivity contribution >= 4 is 29.1 Å². The Morgan fingerprint density at radius 3 is 2.84 bits per heavy atom. The highest BCUT2D eigenvalue weighted by atomic mass is 35.5. The van der Waals surface area contributed by atoms with Crippen LogP contribution in [-0.4, -0.2) is 66.4 Å². The molecule has 166 valence electrons. The molecule has 0 saturated carbocycles. The van der Waals surface area contributed by atoms with Gasteiger partial charge in [0.05, 0.1) is 19.0 Å². The average Bonchev–Trinajstić information content (AvgIpc) is 2.81. The maximum Gasteiger partial charge on any atom is 0.255 e. The van der Waals surface area contributed by atoms with Crippen molar-refractivity contribution in [3.63, 3.8) is 0 Å². The summed E-state index contributed by atoms with van der Waals surface area (Å²) in [6, 6.07) is 1.39. The van der Waals surface area contributed by atoms with Crippen molar-refractivity contribution in [1.29, 1.82) is 0 Å². The zero-order valence-electron chi connectivity index (χ0n) is 16.9. The first kappa shape index (κ1) is 21.8. The molecule has 2 saturated heterocycles. The highest BCUT2D eigenvalue weighted by molar-refractivity contribution is 6.31. The number of nitrogens with one attached hydrogen (secondary N) is 3. The zero-order valence-corrected chi connectivity index (χ0v) is 17.6. The number of pyridine rings is 1. The van der Waals surface area contributed by atoms with E-state index in [9.17, 15) is 9.18 Å². The number of carbonyl (C=O) groups is 1. The molecule has 4 heterocycles. The highest BCUT2D eigenvalue weighted by Gasteiger charge is 2.23. The standard InChI is InChI=1S/C20H24ClFN6O3/c21-19-18(27-17(11-26-19)24-8-12-1-4-30-5-2-12)13-7-16(25-9-14(13)22)28-20(29)15-10-23-3-6-31-15/h7,9,11-12,15,23H,1-6,8,10H2,(H,24,27)(H,25,28,29). The molecule has 2 aliphatic rings. The molecule has 0 spiro atoms. The van der Waals surface area contributed by atoms with Crippen LogP contribution in [0.15, 0.2) is 18.5 Å². The Morgan fingerprint density at radius 2 is 2.06 bits per heavy atom. The number of morpholine rings is 1. The molecule has 2 aromatic heterocycles. The topological polar surface area (TPSA) is 110 Å². The first-order valence-corrected chi connectivity index (χ1v) is 10.6. The van der Waals surface area contributed by atoms with Gasteiger partial charge in [0.15, 0.2) is 11.0 Å². The van der Waals surface area contributed by atoms with Crippen molar-refractivity contribution in [2.75, 3.05) is 50.1 Å². The molecule has 2 aliphatic heterocycles. The van der Waals surface area contributed by atoms with Gasteiger partial charge in [0.25, 0.3) is 5.91 Å². The molecule has 0 radical (unpaired) electrons. The van der Waals surface area contributed by atoms with Gasteiger partial charge < -0.3 is 25.4 Å². The lowest BCUT2D eigenvalue weighted by Crippen LogP contribution is -2.45. The van der Waals surface area contributed by atoms with Gasteiger partial charge in [0, 0.05) is 38.4 Å². The largest absolute Gasteiger partial charge is 0.381 e. The monoisotopic (exact) mass is 450 g/mol. The van der Waals surface area contributed by atoms with Crippen LogP contribution < -0.4 is 16.0 Å². The molecule has 9 nitrogen and oxygen atoms in total. The maximum absolute atomic E-state index is 14.6. The summed E-state index contributed by atoms with van der Waals surface area (Å²) >= 11 is 6.21. The molecule has 4 rings (SSSR count). The van der Waals surface area contributed by atoms with Crippen LogP contribution in [-0.2, 0) is 14.3 Å². The predicted molar refractivity (Wildman–Crippen MR) is 114 cm³/mol. The molecule has 31 heavy (non-hydrogen) atoms. The summed E-state index contributed by atoms with van der Waals surface area (Å²) in [6.45, 7) is 3.76. The fraction of sp³-hybridized carbons (Fsp3) is 0.500. The van der Waals surface area contributed by atoms with Gasteiger partial charge in [-0.1, -0.05) is 11.6 Å². The Hall–Kier alpha value is -2.40. The second-order valence-electron chi connectivity index (χ2n) is 7.43. The summed E-state index contributed by atoms with van der Waals surface area (Å²) < 4.78 is 25.4. The lowest BCUT2D eigenvalue weighted by molar-refractivity contribution is -0.128. The van der Waals surface area contributed by atoms with Gasteiger partial charge in [-0.3, -0.25) is 4.79 Å². The summed E-state index contributed by atoms with van der Waals surface area (Å²) in [7, 11) is 0. The predicted octanol–water partition coefficient (Wildman–Crippen LogP) is 2.10. The number of rotatable bonds is 6. The number of nitrogens with zero attached hydrogens (tertiary/aromatic N) is 3. The normalized spacial score (nSPS) is 19.7. The fourth-order valence-corrected chi connectivity index (χ4v) is 3.65. The Labute approximate surface area is 184 Å². The minimum atomic E-state index is -0.634. The number of aromatic nitrogens is 3. The molecule has 1 amide bonds. The average molecular weight is 451 g/mol. The molecule has 2 aromatic rings. The maximum atomic E-state index is 14.6. The van der Waals surface area contributed by atoms with E-state index in [2.05, 4.69) is 30.9 Å². The fourth-order valence-electron chi connectivity index (χ4n) is 3.46. The summed E-state index contributed by atoms with van der Waals surface area (Å²) in [5, 5.41) is 9.03. The van der Waals surface area contributed by atoms with Crippen LogP contribution in [0, 0.1) is 11.7 Å². The third-order valence-corrected chi connectivity index (χ3v) is 5.50. The Balaban J connectivity index is 1.49. The van der Waals surface area contributed by atoms with E-state index in [4.69, 9.17) is 21.1 Å². The van der Waals surface area contributed by atoms with E-state index >= 15 is 0 Å². The lowest BCUT2D eigenvalue weighted by Gasteiger charge is -2.22. The second-order valence-corrected chi connectivity index (χ2v) is 7.79. The number of hydrogen-bond acceptors (Lipinski definition) is 8. The number of ether oxygens (including phenoxy) is 2. The van der Waals surface area contributed by atoms with Crippen LogP contribution in [0.4, 0.5) is 16.0 Å². The first-order chi connectivity index (χ1) is 15.1. The second kappa shape index (κ2) is 10.3. The third-order valence-electron chi connectivity index (χ3n) is 5.22. The van der Waals surface area contributed by atoms with Gasteiger partial charge in [-0.25, -0.2) is 19.3 Å². The Bertz CT molecular complexity index is 922. The van der Waals surface area contributed by atoms with E-state index in [1.54, 1.807) is 0 Å². The highest BCUT2D eigenvalue weighted by Crippen LogP contribution is 2.29. The Kier molecular flexibility index (Phi) is 7.23. The van der Waals surface area contributed by atoms with E-state index in [-0.39, 0.29) is 28.1 Å². The van der Waals surface area contributed by atoms with Gasteiger partial charge in [-0.05, 0) is 24.8 Å². The van der Waals surface area contributed by atoms with Gasteiger partial charge in [0.2, 0.25) is 0 Å². The summed E-state index contributed by atoms with van der Waals surface area (Å²) in [6.07, 6.45) is 3.85. The van der Waals surface area contributed by atoms with Crippen LogP contribution in [0.2, 0.25) is 5.15 Å². The van der Waals surface area contributed by atoms with Gasteiger partial charge in [-0.15, -0.1) is 0 Å². The van der Waals surface area contributed by atoms with Crippen molar-refractivity contribution in [3.05, 3.63) is 29.4 Å². The molecular weight excluding hydrogens is 427 g/mol. The number of amides is 1. The molecule has 0 aromatic carbocycles. The van der Waals surface area contributed by atoms with Crippen LogP contribution in [0.5, 0.6) is 0 Å². The number of halogens is 2. The number of carbonyl (C=O) groups excluding carboxylic acids is 1. The quantitative estimate of drug-likeness (QED) is 0.613. The molecule has 11 heteroatoms. The van der Waals surface area contributed by atoms with E-state index in [1.807, 2.05) is 0 Å². The van der Waals surface area contributed by atoms with Gasteiger partial charge in [-0.2, -0.15) is 0 Å². The van der Waals surface area contributed by atoms with E-state index < -0.39 is 11.9 Å². The van der Waals surface area contributed by atoms with Crippen molar-refractivity contribution in [2.45, 2.75) is 18.9 Å². The van der Waals surface area contributed by atoms with Crippen LogP contribution in [0.25, 0.3) is 11.3 Å². The van der Waals surface area contributed by atoms with Crippen molar-refractivity contribution in [2.24, 2.45) is 5.92 Å². The number of hydrogen-bond donors (Lipinski definition) is 3. The van der Waals surface area contributed by atoms with E-state index in [0.717, 1.165) is 32.3 Å². The SMILES string of the molecule is O=C(Nc1cc(-c2nc(NCC3CCOCC3)cnc2Cl)c(F)cn1)C1CNCCO1. The third kappa shape index (κ3) is 5.65. The molecule has 0 bridgehead atoms. The van der Waals surface area contributed by atoms with Crippen molar-refractivity contribution in [3.8, 4) is 11.3 Å². The van der Waals surface area contributed by atoms with Crippen LogP contribution in [0.1, 0.15) is 12.8 Å². The molecule has 1 atom stereocenters. The van der Waals surface area contributed by atoms with E-state index in [0.29, 0.717) is 38.0 Å². The summed E-state index contributed by atoms with van der Waals surface area (Å²) in [5.74, 6) is 0.168. The number of anilines is 2. The smallest absolute Gasteiger partial charge is 0.255 e. The van der Waals surface area contributed by atoms with Gasteiger partial charge >= 0.3 is 0 Å². The van der Waals surface area contributed by atoms with Crippen molar-refractivity contribution in [1.82, 2.24) is 20.3 Å². The van der Waals surface area contributed by atoms with Gasteiger partial charge in [0.1, 0.15) is 23.4 Å². The van der Waals surface area contributed by atoms with Crippen LogP contribution in [0.3, 0.4) is 0 Å². The molecule has 3 N–H and O–H groups in total. The van der Waals surface area contributed by atoms with E-state index in [1.165, 1.54) is 12.3 Å². The summed E-state index contributed by atoms with van der Waals surface area (Å²) in [5.41, 5.74) is 0.268. The Morgan fingerprint density at radius 1 is 1.23 bits per heavy atom. The lowest BCUT2D eigenvalue weighted by atomic mass is 10.0. The zero-order chi connectivity index (χ0) is 21.6. The van der Waals surface area contributed by atoms with Crippen molar-refractivity contribution < 1.29 is 18.7 Å². The first-order valence-electron chi connectivity index (χ1n) is 10.2. The molecule has 1 unspecified atom stereocenters. The molecule has 2 fully saturated rings. The molecular formula is C20H24ClFN6O3.